The van der Waals surface area contributed by atoms with E-state index in [-0.39, 0.29) is 96.2 Å². The monoisotopic (exact) mass is 1200 g/mol. The van der Waals surface area contributed by atoms with Gasteiger partial charge in [-0.1, -0.05) is 35.7 Å². The van der Waals surface area contributed by atoms with Gasteiger partial charge in [0.05, 0.1) is 23.0 Å². The highest BCUT2D eigenvalue weighted by Gasteiger charge is 2.30. The molecule has 0 aromatic heterocycles. The highest BCUT2D eigenvalue weighted by molar-refractivity contribution is 8.14. The van der Waals surface area contributed by atoms with Crippen molar-refractivity contribution in [2.45, 2.75) is 44.9 Å². The molecule has 10 saturated heterocycles. The van der Waals surface area contributed by atoms with E-state index < -0.39 is 16.1 Å². The predicted octanol–water partition coefficient (Wildman–Crippen LogP) is -0.507. The Morgan fingerprint density at radius 3 is 1.13 bits per heavy atom. The minimum atomic E-state index is -2.79. The lowest BCUT2D eigenvalue weighted by atomic mass is 10.4. The van der Waals surface area contributed by atoms with E-state index in [4.69, 9.17) is 12.2 Å². The van der Waals surface area contributed by atoms with Gasteiger partial charge in [0, 0.05) is 135 Å². The molecular formula is C45H71N11O19S4. The SMILES string of the molecule is CN1C(=O)CCC1=O.CN1C(=O)CCC1=S.CN1C(=O)COC1=O.CN1C(=O)COCC1=O.CN1C(=O)CSC1=O.CN1CC(=O)N(C)C1=O.CN1CCCC1=O.CN1CCCS1(=O)=O.CN1CCOC1=O.CN1CCSC1=O. The van der Waals surface area contributed by atoms with Gasteiger partial charge in [0.25, 0.3) is 28.2 Å². The number of sulfonamides is 1. The van der Waals surface area contributed by atoms with Crippen LogP contribution in [0.4, 0.5) is 24.0 Å². The van der Waals surface area contributed by atoms with Gasteiger partial charge in [-0.15, -0.1) is 0 Å². The van der Waals surface area contributed by atoms with E-state index in [9.17, 15) is 75.5 Å². The zero-order chi connectivity index (χ0) is 60.5. The zero-order valence-electron chi connectivity index (χ0n) is 46.2. The molecular weight excluding hydrogens is 1130 g/mol. The largest absolute Gasteiger partial charge is 0.448 e. The van der Waals surface area contributed by atoms with Crippen LogP contribution in [-0.4, -0.2) is 303 Å². The van der Waals surface area contributed by atoms with Crippen molar-refractivity contribution in [1.82, 2.24) is 53.3 Å². The Hall–Kier alpha value is -6.36. The second kappa shape index (κ2) is 34.6. The molecule has 0 saturated carbocycles. The first-order valence-corrected chi connectivity index (χ1v) is 28.0. The maximum atomic E-state index is 10.7. The predicted molar refractivity (Wildman–Crippen MR) is 288 cm³/mol. The lowest BCUT2D eigenvalue weighted by Gasteiger charge is -2.19. The summed E-state index contributed by atoms with van der Waals surface area (Å²) in [6, 6.07) is -0.222. The molecule has 10 heterocycles. The van der Waals surface area contributed by atoms with Gasteiger partial charge in [-0.05, 0) is 12.8 Å². The number of ether oxygens (including phenoxy) is 3. The van der Waals surface area contributed by atoms with Gasteiger partial charge in [0.2, 0.25) is 45.5 Å². The number of hydrogen-bond acceptors (Lipinski definition) is 22. The molecule has 10 fully saturated rings. The number of likely N-dealkylation sites (tertiary alicyclic amines) is 3. The first-order valence-electron chi connectivity index (χ1n) is 24.0. The van der Waals surface area contributed by atoms with Gasteiger partial charge in [0.1, 0.15) is 26.4 Å². The number of morpholine rings is 1. The van der Waals surface area contributed by atoms with Gasteiger partial charge in [-0.3, -0.25) is 72.3 Å². The van der Waals surface area contributed by atoms with E-state index in [0.717, 1.165) is 87.4 Å². The van der Waals surface area contributed by atoms with Crippen LogP contribution in [0.1, 0.15) is 44.9 Å². The van der Waals surface area contributed by atoms with Crippen LogP contribution in [0.3, 0.4) is 0 Å². The second-order valence-electron chi connectivity index (χ2n) is 17.6. The van der Waals surface area contributed by atoms with E-state index in [2.05, 4.69) is 14.2 Å². The van der Waals surface area contributed by atoms with Crippen LogP contribution in [0.2, 0.25) is 0 Å². The summed E-state index contributed by atoms with van der Waals surface area (Å²) < 4.78 is 36.3. The number of carbonyl (C=O) groups is 14. The van der Waals surface area contributed by atoms with Crippen LogP contribution in [0.15, 0.2) is 0 Å². The molecule has 0 aliphatic carbocycles. The molecule has 15 amide bonds. The lowest BCUT2D eigenvalue weighted by molar-refractivity contribution is -0.156. The quantitative estimate of drug-likeness (QED) is 0.167. The number of cyclic esters (lactones) is 2. The van der Waals surface area contributed by atoms with Crippen LogP contribution < -0.4 is 0 Å². The number of thioether (sulfide) groups is 2. The Morgan fingerprint density at radius 2 is 0.975 bits per heavy atom. The van der Waals surface area contributed by atoms with Crippen molar-refractivity contribution in [2.75, 3.05) is 154 Å². The van der Waals surface area contributed by atoms with Gasteiger partial charge < -0.3 is 38.7 Å². The molecule has 0 aromatic carbocycles. The van der Waals surface area contributed by atoms with Crippen molar-refractivity contribution in [2.24, 2.45) is 0 Å². The Labute approximate surface area is 472 Å². The molecule has 0 radical (unpaired) electrons. The Balaban J connectivity index is 0.000000439. The molecule has 0 spiro atoms. The maximum absolute atomic E-state index is 10.7. The van der Waals surface area contributed by atoms with Gasteiger partial charge in [-0.25, -0.2) is 32.0 Å². The lowest BCUT2D eigenvalue weighted by Crippen LogP contribution is -2.43. The first kappa shape index (κ1) is 70.7. The van der Waals surface area contributed by atoms with Crippen molar-refractivity contribution in [3.63, 3.8) is 0 Å². The molecule has 34 heteroatoms. The third kappa shape index (κ3) is 24.7. The van der Waals surface area contributed by atoms with Crippen LogP contribution in [0.25, 0.3) is 0 Å². The minimum Gasteiger partial charge on any atom is -0.448 e. The molecule has 30 nitrogen and oxygen atoms in total. The highest BCUT2D eigenvalue weighted by atomic mass is 32.2. The number of thiocarbonyl (C=S) groups is 1. The number of rotatable bonds is 0. The number of amides is 15. The summed E-state index contributed by atoms with van der Waals surface area (Å²) >= 11 is 7.27. The van der Waals surface area contributed by atoms with Gasteiger partial charge in [-0.2, -0.15) is 0 Å². The minimum absolute atomic E-state index is 0.0300. The summed E-state index contributed by atoms with van der Waals surface area (Å²) in [5.74, 6) is 0.878. The van der Waals surface area contributed by atoms with Crippen molar-refractivity contribution in [1.29, 1.82) is 0 Å². The van der Waals surface area contributed by atoms with E-state index in [1.165, 1.54) is 66.0 Å². The normalized spacial score (nSPS) is 21.2. The fraction of sp³-hybridized carbons (Fsp3) is 0.667. The smallest absolute Gasteiger partial charge is 0.416 e. The van der Waals surface area contributed by atoms with Crippen molar-refractivity contribution < 1.29 is 89.8 Å². The summed E-state index contributed by atoms with van der Waals surface area (Å²) in [4.78, 5) is 161. The van der Waals surface area contributed by atoms with Crippen molar-refractivity contribution >= 4 is 133 Å². The molecule has 0 N–H and O–H groups in total. The fourth-order valence-electron chi connectivity index (χ4n) is 6.00. The Bertz CT molecular complexity index is 2130. The zero-order valence-corrected chi connectivity index (χ0v) is 49.5. The number of carbonyl (C=O) groups excluding carboxylic acids is 14. The summed E-state index contributed by atoms with van der Waals surface area (Å²) in [5.41, 5.74) is 0. The summed E-state index contributed by atoms with van der Waals surface area (Å²) in [6.07, 6.45) is 4.00. The molecule has 0 atom stereocenters. The number of likely N-dealkylation sites (N-methyl/N-ethyl adjacent to an activating group) is 5. The summed E-state index contributed by atoms with van der Waals surface area (Å²) in [5, 5.41) is 0.0648. The first-order chi connectivity index (χ1) is 36.7. The van der Waals surface area contributed by atoms with Crippen LogP contribution in [-0.2, 0) is 67.4 Å². The molecule has 10 aliphatic heterocycles. The molecule has 10 rings (SSSR count). The average Bonchev–Trinajstić information content (AvgIpc) is 4.34. The highest BCUT2D eigenvalue weighted by Crippen LogP contribution is 2.16. The summed E-state index contributed by atoms with van der Waals surface area (Å²) in [6.45, 7) is 4.04. The Kier molecular flexibility index (Phi) is 30.9. The third-order valence-corrected chi connectivity index (χ3v) is 16.0. The number of imide groups is 5. The third-order valence-electron chi connectivity index (χ3n) is 11.7. The molecule has 79 heavy (non-hydrogen) atoms. The molecule has 10 aliphatic rings. The molecule has 0 aromatic rings. The van der Waals surface area contributed by atoms with Crippen molar-refractivity contribution in [3.8, 4) is 0 Å². The van der Waals surface area contributed by atoms with Crippen molar-refractivity contribution in [3.05, 3.63) is 0 Å². The van der Waals surface area contributed by atoms with E-state index in [1.807, 2.05) is 14.1 Å². The number of hydrogen-bond donors (Lipinski definition) is 0. The average molecular weight is 1200 g/mol. The molecule has 0 unspecified atom stereocenters. The van der Waals surface area contributed by atoms with Gasteiger partial charge >= 0.3 is 18.2 Å². The van der Waals surface area contributed by atoms with Crippen LogP contribution in [0.5, 0.6) is 0 Å². The van der Waals surface area contributed by atoms with Crippen LogP contribution in [0, 0.1) is 0 Å². The maximum Gasteiger partial charge on any atom is 0.416 e. The van der Waals surface area contributed by atoms with E-state index in [0.29, 0.717) is 49.8 Å². The second-order valence-corrected chi connectivity index (χ2v) is 22.3. The molecule has 444 valence electrons. The van der Waals surface area contributed by atoms with E-state index >= 15 is 0 Å². The number of urea groups is 1. The van der Waals surface area contributed by atoms with Crippen LogP contribution >= 0.6 is 35.7 Å². The van der Waals surface area contributed by atoms with Gasteiger partial charge in [0.15, 0.2) is 6.61 Å². The standard InChI is InChI=1S/C5H8N2O2.C5H7NO3.C5H7NO2.C5H7NOS.C5H9NO.C4H5NO3.C4H5NO2S.C4H9NO2S.C4H7NO2.C4H7NOS/c1-6-3-4(8)7(2)5(6)9;1-6-4(7)2-9-3-5(6)8;2*1-6-4(7)2-3-5(6)8;1-6-4-2-3-5(6)7;2*1-5-3(6)2-8-4(5)7;1-5-3-2-4-8(5,6)7;2*1-5-2-3-7-4(5)6/h3H2,1-2H3;2-3H2,1H3;2*2-3H2,1H3;2-4H2,1H3;2*2H2,1H3;2-4H2,1H3;2*2-3H2,1H3. The number of nitrogens with zero attached hydrogens (tertiary/aromatic N) is 11. The topological polar surface area (TPSA) is 336 Å². The fourth-order valence-corrected chi connectivity index (χ4v) is 9.01. The summed E-state index contributed by atoms with van der Waals surface area (Å²) in [7, 11) is 14.8. The van der Waals surface area contributed by atoms with E-state index in [1.54, 1.807) is 42.9 Å². The Morgan fingerprint density at radius 1 is 0.430 bits per heavy atom. The molecule has 0 bridgehead atoms.